The molecule has 0 aromatic heterocycles. The summed E-state index contributed by atoms with van der Waals surface area (Å²) in [4.78, 5) is 12.0. The molecule has 7 heteroatoms. The maximum absolute atomic E-state index is 12.1. The summed E-state index contributed by atoms with van der Waals surface area (Å²) in [5.74, 6) is 0. The van der Waals surface area contributed by atoms with Crippen molar-refractivity contribution in [2.24, 2.45) is 0 Å². The fraction of sp³-hybridized carbons (Fsp3) is 0.667. The van der Waals surface area contributed by atoms with Crippen LogP contribution < -0.4 is 0 Å². The van der Waals surface area contributed by atoms with Gasteiger partial charge in [-0.3, -0.25) is 10.1 Å². The van der Waals surface area contributed by atoms with E-state index in [1.165, 1.54) is 13.0 Å². The van der Waals surface area contributed by atoms with Gasteiger partial charge in [-0.1, -0.05) is 6.08 Å². The second-order valence-corrected chi connectivity index (χ2v) is 4.50. The molecule has 0 atom stereocenters. The first kappa shape index (κ1) is 15.5. The Kier molecular flexibility index (Phi) is 5.38. The zero-order valence-electron chi connectivity index (χ0n) is 10.7. The quantitative estimate of drug-likeness (QED) is 0.449. The van der Waals surface area contributed by atoms with E-state index in [0.29, 0.717) is 13.1 Å². The van der Waals surface area contributed by atoms with Crippen molar-refractivity contribution in [1.29, 1.82) is 0 Å². The van der Waals surface area contributed by atoms with Gasteiger partial charge in [0, 0.05) is 20.0 Å². The number of allylic oxidation sites excluding steroid dienone is 3. The zero-order valence-corrected chi connectivity index (χ0v) is 10.7. The highest BCUT2D eigenvalue weighted by Crippen LogP contribution is 2.23. The Balaban J connectivity index is 2.87. The topological polar surface area (TPSA) is 46.4 Å². The minimum atomic E-state index is -4.29. The number of alkyl halides is 3. The average Bonchev–Trinajstić information content (AvgIpc) is 2.33. The van der Waals surface area contributed by atoms with Gasteiger partial charge in [0.2, 0.25) is 0 Å². The normalized spacial score (nSPS) is 18.6. The van der Waals surface area contributed by atoms with Crippen LogP contribution in [0.3, 0.4) is 0 Å². The van der Waals surface area contributed by atoms with E-state index in [1.807, 2.05) is 0 Å². The lowest BCUT2D eigenvalue weighted by atomic mass is 10.1. The molecule has 1 rings (SSSR count). The van der Waals surface area contributed by atoms with E-state index in [0.717, 1.165) is 25.3 Å². The monoisotopic (exact) mass is 278 g/mol. The number of hydrogen-bond donors (Lipinski definition) is 0. The van der Waals surface area contributed by atoms with Crippen molar-refractivity contribution >= 4 is 0 Å². The highest BCUT2D eigenvalue weighted by molar-refractivity contribution is 5.20. The van der Waals surface area contributed by atoms with E-state index >= 15 is 0 Å². The Bertz CT molecular complexity index is 383. The smallest absolute Gasteiger partial charge is 0.366 e. The molecule has 0 spiro atoms. The Morgan fingerprint density at radius 2 is 1.89 bits per heavy atom. The number of likely N-dealkylation sites (tertiary alicyclic amines) is 1. The Hall–Kier alpha value is -1.53. The van der Waals surface area contributed by atoms with Crippen LogP contribution in [0.5, 0.6) is 0 Å². The summed E-state index contributed by atoms with van der Waals surface area (Å²) in [6.45, 7) is 2.62. The summed E-state index contributed by atoms with van der Waals surface area (Å²) in [6, 6.07) is 0. The van der Waals surface area contributed by atoms with E-state index in [4.69, 9.17) is 0 Å². The van der Waals surface area contributed by atoms with E-state index in [9.17, 15) is 23.3 Å². The van der Waals surface area contributed by atoms with Gasteiger partial charge >= 0.3 is 6.18 Å². The van der Waals surface area contributed by atoms with Crippen LogP contribution in [0.25, 0.3) is 0 Å². The van der Waals surface area contributed by atoms with Gasteiger partial charge in [0.25, 0.3) is 5.70 Å². The van der Waals surface area contributed by atoms with Crippen LogP contribution in [0.4, 0.5) is 13.2 Å². The fourth-order valence-corrected chi connectivity index (χ4v) is 1.99. The van der Waals surface area contributed by atoms with Crippen molar-refractivity contribution in [1.82, 2.24) is 4.90 Å². The highest BCUT2D eigenvalue weighted by atomic mass is 19.4. The lowest BCUT2D eigenvalue weighted by Gasteiger charge is -2.29. The van der Waals surface area contributed by atoms with Crippen molar-refractivity contribution < 1.29 is 18.1 Å². The van der Waals surface area contributed by atoms with Gasteiger partial charge < -0.3 is 4.90 Å². The largest absolute Gasteiger partial charge is 0.392 e. The standard InChI is InChI=1S/C12H17F3N2O2/c1-10(17(18)19)11(6-5-7-12(13,14)15)16-8-3-2-4-9-16/h5-6H,2-4,7-9H2,1H3/b6-5-,11-10-. The molecule has 0 radical (unpaired) electrons. The molecule has 1 heterocycles. The van der Waals surface area contributed by atoms with Crippen molar-refractivity contribution in [3.05, 3.63) is 33.7 Å². The molecule has 1 fully saturated rings. The first-order valence-electron chi connectivity index (χ1n) is 6.15. The molecule has 19 heavy (non-hydrogen) atoms. The third kappa shape index (κ3) is 5.32. The van der Waals surface area contributed by atoms with Gasteiger partial charge in [-0.25, -0.2) is 0 Å². The number of nitrogens with zero attached hydrogens (tertiary/aromatic N) is 2. The number of rotatable bonds is 4. The molecule has 0 unspecified atom stereocenters. The molecule has 0 N–H and O–H groups in total. The minimum absolute atomic E-state index is 0.111. The van der Waals surface area contributed by atoms with Crippen molar-refractivity contribution in [2.75, 3.05) is 13.1 Å². The second-order valence-electron chi connectivity index (χ2n) is 4.50. The SMILES string of the molecule is C/C(=C(\C=C/CC(F)(F)F)N1CCCCC1)[N+](=O)[O-]. The second kappa shape index (κ2) is 6.58. The van der Waals surface area contributed by atoms with Gasteiger partial charge in [-0.15, -0.1) is 0 Å². The van der Waals surface area contributed by atoms with Crippen LogP contribution in [0.15, 0.2) is 23.5 Å². The number of hydrogen-bond acceptors (Lipinski definition) is 3. The van der Waals surface area contributed by atoms with Crippen LogP contribution in [-0.2, 0) is 0 Å². The van der Waals surface area contributed by atoms with Crippen molar-refractivity contribution in [2.45, 2.75) is 38.8 Å². The van der Waals surface area contributed by atoms with Crippen LogP contribution in [0.1, 0.15) is 32.6 Å². The molecule has 4 nitrogen and oxygen atoms in total. The first-order chi connectivity index (χ1) is 8.81. The Morgan fingerprint density at radius 3 is 2.37 bits per heavy atom. The summed E-state index contributed by atoms with van der Waals surface area (Å²) in [6.07, 6.45) is -0.341. The molecular formula is C12H17F3N2O2. The van der Waals surface area contributed by atoms with Crippen LogP contribution in [0.2, 0.25) is 0 Å². The lowest BCUT2D eigenvalue weighted by molar-refractivity contribution is -0.426. The van der Waals surface area contributed by atoms with Gasteiger partial charge in [0.1, 0.15) is 5.70 Å². The van der Waals surface area contributed by atoms with Crippen LogP contribution in [-0.4, -0.2) is 29.1 Å². The molecule has 0 aromatic carbocycles. The highest BCUT2D eigenvalue weighted by Gasteiger charge is 2.25. The number of halogens is 3. The van der Waals surface area contributed by atoms with Crippen LogP contribution in [0, 0.1) is 10.1 Å². The van der Waals surface area contributed by atoms with Crippen molar-refractivity contribution in [3.8, 4) is 0 Å². The molecule has 0 saturated carbocycles. The molecular weight excluding hydrogens is 261 g/mol. The molecule has 108 valence electrons. The Morgan fingerprint density at radius 1 is 1.32 bits per heavy atom. The molecule has 0 aliphatic carbocycles. The molecule has 0 bridgehead atoms. The molecule has 0 aromatic rings. The van der Waals surface area contributed by atoms with Crippen molar-refractivity contribution in [3.63, 3.8) is 0 Å². The van der Waals surface area contributed by atoms with E-state index in [-0.39, 0.29) is 11.4 Å². The summed E-state index contributed by atoms with van der Waals surface area (Å²) in [5, 5.41) is 10.8. The van der Waals surface area contributed by atoms with Gasteiger partial charge in [0.15, 0.2) is 0 Å². The third-order valence-electron chi connectivity index (χ3n) is 2.97. The van der Waals surface area contributed by atoms with Crippen LogP contribution >= 0.6 is 0 Å². The molecule has 1 aliphatic heterocycles. The minimum Gasteiger partial charge on any atom is -0.366 e. The number of nitro groups is 1. The summed E-state index contributed by atoms with van der Waals surface area (Å²) in [5.41, 5.74) is 0.175. The zero-order chi connectivity index (χ0) is 14.5. The maximum Gasteiger partial charge on any atom is 0.392 e. The maximum atomic E-state index is 12.1. The predicted octanol–water partition coefficient (Wildman–Crippen LogP) is 3.49. The van der Waals surface area contributed by atoms with E-state index in [1.54, 1.807) is 4.90 Å². The first-order valence-corrected chi connectivity index (χ1v) is 6.15. The lowest BCUT2D eigenvalue weighted by Crippen LogP contribution is -2.30. The summed E-state index contributed by atoms with van der Waals surface area (Å²) < 4.78 is 36.3. The van der Waals surface area contributed by atoms with E-state index in [2.05, 4.69) is 0 Å². The fourth-order valence-electron chi connectivity index (χ4n) is 1.99. The molecule has 1 aliphatic rings. The van der Waals surface area contributed by atoms with Gasteiger partial charge in [-0.2, -0.15) is 13.2 Å². The molecule has 0 amide bonds. The van der Waals surface area contributed by atoms with E-state index < -0.39 is 17.5 Å². The summed E-state index contributed by atoms with van der Waals surface area (Å²) >= 11 is 0. The molecule has 1 saturated heterocycles. The number of piperidine rings is 1. The predicted molar refractivity (Wildman–Crippen MR) is 64.9 cm³/mol. The third-order valence-corrected chi connectivity index (χ3v) is 2.97. The average molecular weight is 278 g/mol. The Labute approximate surface area is 109 Å². The van der Waals surface area contributed by atoms with Gasteiger partial charge in [0.05, 0.1) is 11.3 Å². The summed E-state index contributed by atoms with van der Waals surface area (Å²) in [7, 11) is 0. The van der Waals surface area contributed by atoms with Gasteiger partial charge in [-0.05, 0) is 25.3 Å².